The molecule has 4 aromatic rings. The molecule has 2 aliphatic heterocycles. The van der Waals surface area contributed by atoms with Gasteiger partial charge in [0.2, 0.25) is 11.8 Å². The van der Waals surface area contributed by atoms with Crippen molar-refractivity contribution in [2.45, 2.75) is 49.6 Å². The number of hydrogen-bond donors (Lipinski definition) is 1. The summed E-state index contributed by atoms with van der Waals surface area (Å²) in [6, 6.07) is 32.1. The van der Waals surface area contributed by atoms with E-state index in [9.17, 15) is 14.7 Å². The second kappa shape index (κ2) is 14.3. The number of hydrogen-bond acceptors (Lipinski definition) is 7. The Kier molecular flexibility index (Phi) is 9.29. The lowest BCUT2D eigenvalue weighted by atomic mass is 9.44. The largest absolute Gasteiger partial charge is 0.503 e. The van der Waals surface area contributed by atoms with Crippen LogP contribution in [-0.2, 0) is 31.1 Å². The van der Waals surface area contributed by atoms with Gasteiger partial charge in [0, 0.05) is 43.1 Å². The van der Waals surface area contributed by atoms with Gasteiger partial charge in [0.05, 0.1) is 29.4 Å². The minimum Gasteiger partial charge on any atom is -0.503 e. The number of likely N-dealkylation sites (tertiary alicyclic amines) is 2. The molecule has 0 aromatic heterocycles. The van der Waals surface area contributed by atoms with Crippen LogP contribution in [0.3, 0.4) is 0 Å². The number of rotatable bonds is 7. The topological polar surface area (TPSA) is 104 Å². The Bertz CT molecular complexity index is 2280. The number of amides is 2. The van der Waals surface area contributed by atoms with Gasteiger partial charge in [-0.25, -0.2) is 0 Å². The first-order chi connectivity index (χ1) is 27.2. The lowest BCUT2D eigenvalue weighted by molar-refractivity contribution is -0.144. The smallest absolute Gasteiger partial charge is 0.233 e. The van der Waals surface area contributed by atoms with Gasteiger partial charge in [0.25, 0.3) is 0 Å². The molecule has 3 fully saturated rings. The van der Waals surface area contributed by atoms with Crippen LogP contribution < -0.4 is 4.74 Å². The molecule has 4 aromatic carbocycles. The van der Waals surface area contributed by atoms with Gasteiger partial charge in [-0.3, -0.25) is 29.0 Å². The lowest BCUT2D eigenvalue weighted by Crippen LogP contribution is -2.58. The molecule has 9 heteroatoms. The molecule has 2 heterocycles. The molecule has 0 radical (unpaired) electrons. The van der Waals surface area contributed by atoms with Crippen molar-refractivity contribution in [2.24, 2.45) is 23.7 Å². The predicted octanol–water partition coefficient (Wildman–Crippen LogP) is 7.54. The third kappa shape index (κ3) is 5.67. The normalized spacial score (nSPS) is 28.0. The number of piperidine rings is 1. The predicted molar refractivity (Wildman–Crippen MR) is 213 cm³/mol. The quantitative estimate of drug-likeness (QED) is 0.153. The van der Waals surface area contributed by atoms with E-state index in [0.717, 1.165) is 25.2 Å². The van der Waals surface area contributed by atoms with Crippen LogP contribution in [-0.4, -0.2) is 64.5 Å². The highest BCUT2D eigenvalue weighted by Gasteiger charge is 2.66. The number of benzene rings is 4. The molecule has 2 saturated heterocycles. The van der Waals surface area contributed by atoms with E-state index in [2.05, 4.69) is 23.1 Å². The van der Waals surface area contributed by atoms with E-state index in [-0.39, 0.29) is 52.4 Å². The van der Waals surface area contributed by atoms with Gasteiger partial charge < -0.3 is 9.84 Å². The molecule has 6 unspecified atom stereocenters. The molecule has 56 heavy (non-hydrogen) atoms. The molecule has 1 N–H and O–H groups in total. The van der Waals surface area contributed by atoms with Crippen LogP contribution in [0.25, 0.3) is 5.57 Å². The number of phenolic OH excluding ortho intramolecular Hbond substituents is 1. The fourth-order valence-electron chi connectivity index (χ4n) is 10.7. The highest BCUT2D eigenvalue weighted by Crippen LogP contribution is 2.64. The maximum atomic E-state index is 15.3. The third-order valence-electron chi connectivity index (χ3n) is 13.2. The number of phenols is 1. The van der Waals surface area contributed by atoms with Crippen LogP contribution >= 0.6 is 11.6 Å². The standard InChI is InChI=1S/C47H43ClN2O6/c1-56-39-24-30(23-38(48)44(39)53)42-33-17-18-34-41(46(55)50(45(34)54)32-19-21-49(22-20-32)27-28-11-5-2-6-12-28)36(33)25-37-43(52)35(29-13-7-3-8-14-29)26-40(51)47(37,42)31-15-9-4-10-16-31/h2-17,23-24,26,32,34,36-37,41-42,53H,18-22,25,27H2,1H3. The molecule has 5 aliphatic rings. The third-order valence-corrected chi connectivity index (χ3v) is 13.5. The molecule has 1 saturated carbocycles. The number of fused-ring (bicyclic) bond motifs is 4. The Hall–Kier alpha value is -5.31. The first-order valence-corrected chi connectivity index (χ1v) is 19.9. The molecule has 2 amide bonds. The van der Waals surface area contributed by atoms with Crippen LogP contribution in [0.5, 0.6) is 11.5 Å². The zero-order valence-corrected chi connectivity index (χ0v) is 31.9. The number of Topliss-reactive ketones (excluding diaryl/α,β-unsaturated/α-hetero) is 1. The average molecular weight is 767 g/mol. The van der Waals surface area contributed by atoms with E-state index >= 15 is 9.59 Å². The summed E-state index contributed by atoms with van der Waals surface area (Å²) in [5.41, 5.74) is 2.92. The van der Waals surface area contributed by atoms with Gasteiger partial charge in [-0.1, -0.05) is 114 Å². The summed E-state index contributed by atoms with van der Waals surface area (Å²) in [5, 5.41) is 10.9. The van der Waals surface area contributed by atoms with Crippen molar-refractivity contribution >= 4 is 40.6 Å². The van der Waals surface area contributed by atoms with Crippen molar-refractivity contribution in [2.75, 3.05) is 20.2 Å². The maximum Gasteiger partial charge on any atom is 0.233 e. The number of aromatic hydroxyl groups is 1. The summed E-state index contributed by atoms with van der Waals surface area (Å²) in [4.78, 5) is 63.7. The number of carbonyl (C=O) groups is 4. The summed E-state index contributed by atoms with van der Waals surface area (Å²) >= 11 is 6.70. The van der Waals surface area contributed by atoms with Crippen molar-refractivity contribution in [3.63, 3.8) is 0 Å². The van der Waals surface area contributed by atoms with E-state index in [1.165, 1.54) is 18.7 Å². The fourth-order valence-corrected chi connectivity index (χ4v) is 10.9. The second-order valence-corrected chi connectivity index (χ2v) is 16.3. The van der Waals surface area contributed by atoms with Crippen molar-refractivity contribution < 1.29 is 29.0 Å². The fraction of sp³-hybridized carbons (Fsp3) is 0.319. The van der Waals surface area contributed by atoms with Gasteiger partial charge in [-0.05, 0) is 72.1 Å². The Morgan fingerprint density at radius 1 is 0.839 bits per heavy atom. The Balaban J connectivity index is 1.15. The monoisotopic (exact) mass is 766 g/mol. The highest BCUT2D eigenvalue weighted by molar-refractivity contribution is 6.33. The van der Waals surface area contributed by atoms with E-state index in [0.29, 0.717) is 41.5 Å². The number of imide groups is 1. The van der Waals surface area contributed by atoms with Gasteiger partial charge in [0.1, 0.15) is 0 Å². The Morgan fingerprint density at radius 3 is 2.18 bits per heavy atom. The molecule has 9 rings (SSSR count). The zero-order valence-electron chi connectivity index (χ0n) is 31.1. The van der Waals surface area contributed by atoms with Crippen molar-refractivity contribution in [1.29, 1.82) is 0 Å². The number of nitrogens with zero attached hydrogens (tertiary/aromatic N) is 2. The van der Waals surface area contributed by atoms with Crippen LogP contribution in [0.15, 0.2) is 121 Å². The Morgan fingerprint density at radius 2 is 1.50 bits per heavy atom. The summed E-state index contributed by atoms with van der Waals surface area (Å²) < 4.78 is 5.59. The Labute approximate surface area is 331 Å². The molecule has 0 bridgehead atoms. The van der Waals surface area contributed by atoms with Gasteiger partial charge in [-0.15, -0.1) is 0 Å². The minimum atomic E-state index is -1.41. The van der Waals surface area contributed by atoms with Crippen LogP contribution in [0.4, 0.5) is 0 Å². The first kappa shape index (κ1) is 36.3. The van der Waals surface area contributed by atoms with Gasteiger partial charge in [0.15, 0.2) is 23.1 Å². The summed E-state index contributed by atoms with van der Waals surface area (Å²) in [5.74, 6) is -4.18. The maximum absolute atomic E-state index is 15.3. The van der Waals surface area contributed by atoms with Crippen molar-refractivity contribution in [3.8, 4) is 11.5 Å². The van der Waals surface area contributed by atoms with Crippen molar-refractivity contribution in [1.82, 2.24) is 9.80 Å². The van der Waals surface area contributed by atoms with E-state index in [4.69, 9.17) is 16.3 Å². The van der Waals surface area contributed by atoms with Gasteiger partial charge in [-0.2, -0.15) is 0 Å². The molecule has 284 valence electrons. The number of methoxy groups -OCH3 is 1. The molecular formula is C47H43ClN2O6. The molecule has 3 aliphatic carbocycles. The number of halogens is 1. The van der Waals surface area contributed by atoms with Gasteiger partial charge >= 0.3 is 0 Å². The second-order valence-electron chi connectivity index (χ2n) is 15.9. The first-order valence-electron chi connectivity index (χ1n) is 19.5. The minimum absolute atomic E-state index is 0.0440. The van der Waals surface area contributed by atoms with E-state index in [1.54, 1.807) is 17.0 Å². The number of carbonyl (C=O) groups excluding carboxylic acids is 4. The zero-order chi connectivity index (χ0) is 38.7. The van der Waals surface area contributed by atoms with Crippen LogP contribution in [0, 0.1) is 23.7 Å². The summed E-state index contributed by atoms with van der Waals surface area (Å²) in [7, 11) is 1.44. The van der Waals surface area contributed by atoms with E-state index in [1.807, 2.05) is 78.9 Å². The molecular weight excluding hydrogens is 724 g/mol. The molecule has 6 atom stereocenters. The molecule has 0 spiro atoms. The SMILES string of the molecule is COc1cc(C2C3=CCC4C(=O)N(C5CCN(Cc6ccccc6)CC5)C(=O)C4C3CC3C(=O)C(c4ccccc4)=CC(=O)C32c2ccccc2)cc(Cl)c1O. The number of ketones is 2. The summed E-state index contributed by atoms with van der Waals surface area (Å²) in [6.07, 6.45) is 5.50. The summed E-state index contributed by atoms with van der Waals surface area (Å²) in [6.45, 7) is 2.37. The highest BCUT2D eigenvalue weighted by atomic mass is 35.5. The van der Waals surface area contributed by atoms with Crippen LogP contribution in [0.1, 0.15) is 53.9 Å². The number of ether oxygens (including phenoxy) is 1. The van der Waals surface area contributed by atoms with Crippen LogP contribution in [0.2, 0.25) is 5.02 Å². The average Bonchev–Trinajstić information content (AvgIpc) is 3.49. The number of allylic oxidation sites excluding steroid dienone is 4. The van der Waals surface area contributed by atoms with E-state index < -0.39 is 35.0 Å². The lowest BCUT2D eigenvalue weighted by Gasteiger charge is -2.55. The molecule has 8 nitrogen and oxygen atoms in total. The van der Waals surface area contributed by atoms with Crippen molar-refractivity contribution in [3.05, 3.63) is 148 Å².